The van der Waals surface area contributed by atoms with Crippen molar-refractivity contribution in [2.75, 3.05) is 0 Å². The fourth-order valence-corrected chi connectivity index (χ4v) is 3.83. The van der Waals surface area contributed by atoms with Crippen molar-refractivity contribution in [3.63, 3.8) is 0 Å². The van der Waals surface area contributed by atoms with Gasteiger partial charge in [-0.2, -0.15) is 0 Å². The molecular formula is C23H25NO. The van der Waals surface area contributed by atoms with Crippen LogP contribution in [0.5, 0.6) is 0 Å². The van der Waals surface area contributed by atoms with Gasteiger partial charge in [0.2, 0.25) is 5.91 Å². The van der Waals surface area contributed by atoms with E-state index in [-0.39, 0.29) is 5.56 Å². The van der Waals surface area contributed by atoms with E-state index in [1.54, 1.807) is 45.9 Å². The summed E-state index contributed by atoms with van der Waals surface area (Å²) in [5.74, 6) is -2.45. The van der Waals surface area contributed by atoms with Gasteiger partial charge in [0.25, 0.3) is 0 Å². The van der Waals surface area contributed by atoms with E-state index in [4.69, 9.17) is 6.85 Å². The average molecular weight is 339 g/mol. The molecule has 0 saturated carbocycles. The molecule has 1 amide bonds. The molecule has 2 heteroatoms. The SMILES string of the molecule is [2H]c1c([2H])c([2H])c([C@]2([2H])N(C(C)(C)C)C(=O)C3(C)c4ccccc4C=C[C@]32[2H])c([2H])c1[2H]. The number of hydrogen-bond acceptors (Lipinski definition) is 1. The first-order valence-corrected chi connectivity index (χ1v) is 8.36. The van der Waals surface area contributed by atoms with Crippen LogP contribution >= 0.6 is 0 Å². The molecule has 0 bridgehead atoms. The first-order valence-electron chi connectivity index (χ1n) is 11.9. The van der Waals surface area contributed by atoms with Gasteiger partial charge in [-0.3, -0.25) is 4.79 Å². The molecule has 1 unspecified atom stereocenters. The summed E-state index contributed by atoms with van der Waals surface area (Å²) in [6.07, 6.45) is 3.16. The number of likely N-dealkylation sites (tertiary alicyclic amines) is 1. The molecular weight excluding hydrogens is 306 g/mol. The normalized spacial score (nSPS) is 37.8. The summed E-state index contributed by atoms with van der Waals surface area (Å²) in [5.41, 5.74) is -1.51. The maximum atomic E-state index is 14.1. The van der Waals surface area contributed by atoms with Gasteiger partial charge in [-0.15, -0.1) is 0 Å². The smallest absolute Gasteiger partial charge is 0.234 e. The van der Waals surface area contributed by atoms with Crippen molar-refractivity contribution in [3.05, 3.63) is 77.2 Å². The van der Waals surface area contributed by atoms with E-state index in [0.717, 1.165) is 5.56 Å². The minimum Gasteiger partial charge on any atom is -0.329 e. The second-order valence-corrected chi connectivity index (χ2v) is 7.62. The van der Waals surface area contributed by atoms with Gasteiger partial charge in [0.15, 0.2) is 0 Å². The summed E-state index contributed by atoms with van der Waals surface area (Å²) >= 11 is 0. The van der Waals surface area contributed by atoms with Crippen LogP contribution in [-0.4, -0.2) is 16.3 Å². The number of nitrogens with zero attached hydrogens (tertiary/aromatic N) is 1. The Hall–Kier alpha value is -2.35. The fraction of sp³-hybridized carbons (Fsp3) is 0.348. The van der Waals surface area contributed by atoms with E-state index >= 15 is 0 Å². The predicted molar refractivity (Wildman–Crippen MR) is 102 cm³/mol. The van der Waals surface area contributed by atoms with Gasteiger partial charge in [0, 0.05) is 12.8 Å². The average Bonchev–Trinajstić information content (AvgIpc) is 2.86. The highest BCUT2D eigenvalue weighted by molar-refractivity contribution is 5.94. The molecule has 1 fully saturated rings. The van der Waals surface area contributed by atoms with Gasteiger partial charge >= 0.3 is 0 Å². The first-order chi connectivity index (χ1) is 14.7. The number of amides is 1. The molecule has 1 aliphatic heterocycles. The lowest BCUT2D eigenvalue weighted by Gasteiger charge is -2.38. The third-order valence-corrected chi connectivity index (χ3v) is 4.98. The van der Waals surface area contributed by atoms with Gasteiger partial charge in [-0.25, -0.2) is 0 Å². The molecule has 3 atom stereocenters. The Kier molecular flexibility index (Phi) is 2.12. The lowest BCUT2D eigenvalue weighted by molar-refractivity contribution is -0.137. The second kappa shape index (κ2) is 5.32. The zero-order chi connectivity index (χ0) is 24.0. The topological polar surface area (TPSA) is 20.3 Å². The zero-order valence-electron chi connectivity index (χ0n) is 21.8. The molecule has 0 radical (unpaired) electrons. The van der Waals surface area contributed by atoms with Gasteiger partial charge in [-0.05, 0) is 44.4 Å². The third kappa shape index (κ3) is 2.20. The van der Waals surface area contributed by atoms with Crippen molar-refractivity contribution in [1.82, 2.24) is 4.90 Å². The molecule has 2 nitrogen and oxygen atoms in total. The highest BCUT2D eigenvalue weighted by atomic mass is 16.2. The van der Waals surface area contributed by atoms with Gasteiger partial charge < -0.3 is 4.90 Å². The molecule has 2 aliphatic rings. The maximum absolute atomic E-state index is 14.1. The van der Waals surface area contributed by atoms with E-state index < -0.39 is 59.0 Å². The molecule has 2 aromatic carbocycles. The lowest BCUT2D eigenvalue weighted by atomic mass is 9.66. The predicted octanol–water partition coefficient (Wildman–Crippen LogP) is 4.97. The van der Waals surface area contributed by atoms with E-state index in [2.05, 4.69) is 0 Å². The molecule has 128 valence electrons. The van der Waals surface area contributed by atoms with Crippen molar-refractivity contribution in [2.24, 2.45) is 5.89 Å². The molecule has 1 heterocycles. The van der Waals surface area contributed by atoms with Crippen LogP contribution in [0.25, 0.3) is 6.08 Å². The van der Waals surface area contributed by atoms with Crippen molar-refractivity contribution in [2.45, 2.75) is 44.7 Å². The fourth-order valence-electron chi connectivity index (χ4n) is 3.83. The van der Waals surface area contributed by atoms with Gasteiger partial charge in [-0.1, -0.05) is 66.6 Å². The van der Waals surface area contributed by atoms with Crippen LogP contribution in [0, 0.1) is 5.89 Å². The molecule has 0 spiro atoms. The minimum atomic E-state index is -2.28. The highest BCUT2D eigenvalue weighted by Crippen LogP contribution is 2.56. The van der Waals surface area contributed by atoms with Gasteiger partial charge in [0.1, 0.15) is 0 Å². The Labute approximate surface area is 160 Å². The Morgan fingerprint density at radius 3 is 2.52 bits per heavy atom. The number of carbonyl (C=O) groups is 1. The summed E-state index contributed by atoms with van der Waals surface area (Å²) in [5, 5.41) is 0. The zero-order valence-corrected chi connectivity index (χ0v) is 14.8. The Morgan fingerprint density at radius 1 is 1.16 bits per heavy atom. The summed E-state index contributed by atoms with van der Waals surface area (Å²) in [6.45, 7) is 6.80. The Balaban J connectivity index is 2.19. The number of fused-ring (bicyclic) bond motifs is 3. The summed E-state index contributed by atoms with van der Waals surface area (Å²) in [6, 6.07) is 2.00. The van der Waals surface area contributed by atoms with Crippen LogP contribution in [0.2, 0.25) is 0 Å². The number of rotatable bonds is 1. The monoisotopic (exact) mass is 338 g/mol. The van der Waals surface area contributed by atoms with E-state index in [1.807, 2.05) is 12.1 Å². The number of hydrogen-bond donors (Lipinski definition) is 0. The van der Waals surface area contributed by atoms with Crippen molar-refractivity contribution in [3.8, 4) is 0 Å². The summed E-state index contributed by atoms with van der Waals surface area (Å²) in [4.78, 5) is 15.4. The van der Waals surface area contributed by atoms with Crippen molar-refractivity contribution in [1.29, 1.82) is 0 Å². The molecule has 1 aliphatic carbocycles. The van der Waals surface area contributed by atoms with Gasteiger partial charge in [0.05, 0.1) is 19.7 Å². The molecule has 0 N–H and O–H groups in total. The van der Waals surface area contributed by atoms with Crippen LogP contribution in [0.15, 0.2) is 60.6 Å². The summed E-state index contributed by atoms with van der Waals surface area (Å²) < 4.78 is 60.6. The molecule has 25 heavy (non-hydrogen) atoms. The molecule has 2 aromatic rings. The van der Waals surface area contributed by atoms with Crippen LogP contribution in [0.1, 0.15) is 60.0 Å². The molecule has 1 saturated heterocycles. The Morgan fingerprint density at radius 2 is 1.84 bits per heavy atom. The third-order valence-electron chi connectivity index (χ3n) is 4.98. The van der Waals surface area contributed by atoms with Crippen LogP contribution < -0.4 is 0 Å². The minimum absolute atomic E-state index is 0.366. The number of benzene rings is 2. The van der Waals surface area contributed by atoms with Crippen LogP contribution in [0.3, 0.4) is 0 Å². The van der Waals surface area contributed by atoms with E-state index in [1.165, 1.54) is 11.0 Å². The highest BCUT2D eigenvalue weighted by Gasteiger charge is 2.60. The van der Waals surface area contributed by atoms with E-state index in [0.29, 0.717) is 5.56 Å². The van der Waals surface area contributed by atoms with Crippen molar-refractivity contribution < 1.29 is 14.4 Å². The molecule has 4 rings (SSSR count). The molecule has 0 aromatic heterocycles. The maximum Gasteiger partial charge on any atom is 0.234 e. The quantitative estimate of drug-likeness (QED) is 0.719. The van der Waals surface area contributed by atoms with Crippen LogP contribution in [-0.2, 0) is 10.2 Å². The Bertz CT molecular complexity index is 1170. The first kappa shape index (κ1) is 9.96. The summed E-state index contributed by atoms with van der Waals surface area (Å²) in [7, 11) is 0. The largest absolute Gasteiger partial charge is 0.329 e. The van der Waals surface area contributed by atoms with Crippen LogP contribution in [0.4, 0.5) is 0 Å². The lowest BCUT2D eigenvalue weighted by Crippen LogP contribution is -2.47. The number of carbonyl (C=O) groups excluding carboxylic acids is 1. The second-order valence-electron chi connectivity index (χ2n) is 7.62. The van der Waals surface area contributed by atoms with E-state index in [9.17, 15) is 7.54 Å². The van der Waals surface area contributed by atoms with Crippen molar-refractivity contribution >= 4 is 12.0 Å². The standard InChI is InChI=1S/C23H25NO/c1-22(2,3)24-20(17-11-6-5-7-12-17)19-15-14-16-10-8-9-13-18(16)23(19,4)21(24)25/h5-15,19-20H,1-4H3/t19-,20-,23?/m0/s1/i5D,6D,7D,11D,12D,19D,20D.